The number of likely N-dealkylation sites (tertiary alicyclic amines) is 1. The Balaban J connectivity index is 1.73. The highest BCUT2D eigenvalue weighted by Gasteiger charge is 2.22. The molecule has 2 N–H and O–H groups in total. The maximum atomic E-state index is 12.1. The van der Waals surface area contributed by atoms with E-state index in [-0.39, 0.29) is 18.5 Å². The van der Waals surface area contributed by atoms with Gasteiger partial charge in [-0.15, -0.1) is 11.3 Å². The number of aliphatic carboxylic acids is 1. The zero-order valence-corrected chi connectivity index (χ0v) is 15.4. The topological polar surface area (TPSA) is 72.9 Å². The lowest BCUT2D eigenvalue weighted by Crippen LogP contribution is -2.39. The van der Waals surface area contributed by atoms with E-state index in [2.05, 4.69) is 10.2 Å². The molecule has 1 aliphatic heterocycles. The van der Waals surface area contributed by atoms with E-state index < -0.39 is 5.97 Å². The molecule has 24 heavy (non-hydrogen) atoms. The molecule has 1 unspecified atom stereocenters. The number of hydrogen-bond acceptors (Lipinski definition) is 5. The summed E-state index contributed by atoms with van der Waals surface area (Å²) in [6.45, 7) is 2.64. The Morgan fingerprint density at radius 2 is 2.21 bits per heavy atom. The molecule has 1 aromatic heterocycles. The molecule has 0 aliphatic carbocycles. The van der Waals surface area contributed by atoms with Crippen molar-refractivity contribution >= 4 is 34.8 Å². The molecule has 0 aromatic carbocycles. The summed E-state index contributed by atoms with van der Waals surface area (Å²) in [7, 11) is 1.85. The summed E-state index contributed by atoms with van der Waals surface area (Å²) in [6, 6.07) is 4.01. The minimum atomic E-state index is -0.799. The lowest BCUT2D eigenvalue weighted by Gasteiger charge is -2.25. The van der Waals surface area contributed by atoms with E-state index in [0.717, 1.165) is 41.6 Å². The monoisotopic (exact) mass is 373 g/mol. The number of rotatable bonds is 7. The highest BCUT2D eigenvalue weighted by molar-refractivity contribution is 7.16. The molecule has 1 aliphatic rings. The Hall–Kier alpha value is -1.15. The Morgan fingerprint density at radius 3 is 2.88 bits per heavy atom. The van der Waals surface area contributed by atoms with Gasteiger partial charge in [0.05, 0.1) is 24.0 Å². The van der Waals surface area contributed by atoms with Crippen LogP contribution in [0.2, 0.25) is 4.34 Å². The van der Waals surface area contributed by atoms with Crippen LogP contribution in [-0.4, -0.2) is 66.1 Å². The van der Waals surface area contributed by atoms with E-state index in [0.29, 0.717) is 13.1 Å². The molecule has 0 spiro atoms. The second kappa shape index (κ2) is 9.36. The maximum absolute atomic E-state index is 12.1. The van der Waals surface area contributed by atoms with E-state index in [1.54, 1.807) is 0 Å². The van der Waals surface area contributed by atoms with E-state index in [4.69, 9.17) is 16.7 Å². The smallest absolute Gasteiger partial charge is 0.317 e. The van der Waals surface area contributed by atoms with Gasteiger partial charge in [0.15, 0.2) is 0 Å². The number of halogens is 1. The van der Waals surface area contributed by atoms with Gasteiger partial charge < -0.3 is 10.4 Å². The summed E-state index contributed by atoms with van der Waals surface area (Å²) >= 11 is 7.35. The van der Waals surface area contributed by atoms with Crippen molar-refractivity contribution in [3.63, 3.8) is 0 Å². The van der Waals surface area contributed by atoms with Gasteiger partial charge >= 0.3 is 5.97 Å². The number of nitrogens with one attached hydrogen (secondary N) is 1. The molecular formula is C16H24ClN3O3S. The normalized spacial score (nSPS) is 19.2. The largest absolute Gasteiger partial charge is 0.480 e. The number of hydrogen-bond donors (Lipinski definition) is 2. The molecule has 2 rings (SSSR count). The number of carbonyl (C=O) groups excluding carboxylic acids is 1. The maximum Gasteiger partial charge on any atom is 0.317 e. The van der Waals surface area contributed by atoms with Crippen molar-refractivity contribution in [3.8, 4) is 0 Å². The Morgan fingerprint density at radius 1 is 1.42 bits per heavy atom. The van der Waals surface area contributed by atoms with Crippen LogP contribution < -0.4 is 5.32 Å². The highest BCUT2D eigenvalue weighted by atomic mass is 35.5. The number of carboxylic acids is 1. The first kappa shape index (κ1) is 19.2. The fourth-order valence-electron chi connectivity index (χ4n) is 2.97. The number of carboxylic acid groups (broad SMARTS) is 1. The molecule has 1 aromatic rings. The lowest BCUT2D eigenvalue weighted by atomic mass is 10.1. The van der Waals surface area contributed by atoms with Gasteiger partial charge in [-0.2, -0.15) is 0 Å². The van der Waals surface area contributed by atoms with E-state index >= 15 is 0 Å². The van der Waals surface area contributed by atoms with Gasteiger partial charge in [-0.25, -0.2) is 0 Å². The van der Waals surface area contributed by atoms with Gasteiger partial charge in [-0.3, -0.25) is 19.4 Å². The first-order valence-corrected chi connectivity index (χ1v) is 9.29. The molecule has 6 nitrogen and oxygen atoms in total. The van der Waals surface area contributed by atoms with Crippen molar-refractivity contribution < 1.29 is 14.7 Å². The van der Waals surface area contributed by atoms with Crippen molar-refractivity contribution in [2.75, 3.05) is 33.2 Å². The van der Waals surface area contributed by atoms with Gasteiger partial charge in [-0.1, -0.05) is 11.6 Å². The SMILES string of the molecule is CN(CC(=O)O)C1CCCN(CC(=O)NCc2ccc(Cl)s2)CC1. The zero-order valence-electron chi connectivity index (χ0n) is 13.8. The Kier molecular flexibility index (Phi) is 7.48. The fourth-order valence-corrected chi connectivity index (χ4v) is 4.00. The molecule has 8 heteroatoms. The molecule has 0 bridgehead atoms. The molecule has 1 saturated heterocycles. The van der Waals surface area contributed by atoms with Crippen molar-refractivity contribution in [2.45, 2.75) is 31.8 Å². The third-order valence-corrected chi connectivity index (χ3v) is 5.49. The summed E-state index contributed by atoms with van der Waals surface area (Å²) < 4.78 is 0.725. The molecule has 0 radical (unpaired) electrons. The first-order chi connectivity index (χ1) is 11.4. The Bertz CT molecular complexity index is 567. The quantitative estimate of drug-likeness (QED) is 0.763. The average molecular weight is 374 g/mol. The van der Waals surface area contributed by atoms with Crippen LogP contribution >= 0.6 is 22.9 Å². The van der Waals surface area contributed by atoms with E-state index in [9.17, 15) is 9.59 Å². The van der Waals surface area contributed by atoms with Gasteiger partial charge in [0, 0.05) is 17.5 Å². The minimum absolute atomic E-state index is 0.0110. The molecule has 1 fully saturated rings. The standard InChI is InChI=1S/C16H24ClN3O3S/c1-19(11-16(22)23)12-3-2-7-20(8-6-12)10-15(21)18-9-13-4-5-14(17)24-13/h4-5,12H,2-3,6-11H2,1H3,(H,18,21)(H,22,23). The number of nitrogens with zero attached hydrogens (tertiary/aromatic N) is 2. The second-order valence-electron chi connectivity index (χ2n) is 6.15. The zero-order chi connectivity index (χ0) is 17.5. The van der Waals surface area contributed by atoms with Crippen LogP contribution in [0.4, 0.5) is 0 Å². The van der Waals surface area contributed by atoms with Crippen molar-refractivity contribution in [1.29, 1.82) is 0 Å². The minimum Gasteiger partial charge on any atom is -0.480 e. The first-order valence-electron chi connectivity index (χ1n) is 8.09. The molecule has 2 heterocycles. The van der Waals surface area contributed by atoms with Crippen LogP contribution in [0.1, 0.15) is 24.1 Å². The molecule has 1 atom stereocenters. The number of carbonyl (C=O) groups is 2. The van der Waals surface area contributed by atoms with Crippen molar-refractivity contribution in [1.82, 2.24) is 15.1 Å². The number of likely N-dealkylation sites (N-methyl/N-ethyl adjacent to an activating group) is 1. The third kappa shape index (κ3) is 6.39. The number of thiophene rings is 1. The number of amides is 1. The van der Waals surface area contributed by atoms with Crippen molar-refractivity contribution in [2.24, 2.45) is 0 Å². The lowest BCUT2D eigenvalue weighted by molar-refractivity contribution is -0.138. The molecule has 1 amide bonds. The molecule has 0 saturated carbocycles. The van der Waals surface area contributed by atoms with Crippen LogP contribution in [0, 0.1) is 0 Å². The van der Waals surface area contributed by atoms with E-state index in [1.165, 1.54) is 11.3 Å². The van der Waals surface area contributed by atoms with Gasteiger partial charge in [0.2, 0.25) is 5.91 Å². The van der Waals surface area contributed by atoms with Gasteiger partial charge in [0.1, 0.15) is 0 Å². The predicted molar refractivity (Wildman–Crippen MR) is 95.5 cm³/mol. The van der Waals surface area contributed by atoms with Crippen molar-refractivity contribution in [3.05, 3.63) is 21.3 Å². The Labute approximate surface area is 151 Å². The summed E-state index contributed by atoms with van der Waals surface area (Å²) in [6.07, 6.45) is 2.83. The van der Waals surface area contributed by atoms with Crippen LogP contribution in [0.25, 0.3) is 0 Å². The predicted octanol–water partition coefficient (Wildman–Crippen LogP) is 1.89. The molecular weight excluding hydrogens is 350 g/mol. The van der Waals surface area contributed by atoms with Gasteiger partial charge in [-0.05, 0) is 45.0 Å². The average Bonchev–Trinajstić information content (AvgIpc) is 2.78. The fraction of sp³-hybridized carbons (Fsp3) is 0.625. The van der Waals surface area contributed by atoms with Crippen LogP contribution in [-0.2, 0) is 16.1 Å². The summed E-state index contributed by atoms with van der Waals surface area (Å²) in [4.78, 5) is 28.0. The van der Waals surface area contributed by atoms with Crippen LogP contribution in [0.5, 0.6) is 0 Å². The summed E-state index contributed by atoms with van der Waals surface area (Å²) in [5.74, 6) is -0.788. The summed E-state index contributed by atoms with van der Waals surface area (Å²) in [5, 5.41) is 11.8. The third-order valence-electron chi connectivity index (χ3n) is 4.25. The second-order valence-corrected chi connectivity index (χ2v) is 7.95. The van der Waals surface area contributed by atoms with Gasteiger partial charge in [0.25, 0.3) is 0 Å². The highest BCUT2D eigenvalue weighted by Crippen LogP contribution is 2.21. The van der Waals surface area contributed by atoms with Crippen LogP contribution in [0.15, 0.2) is 12.1 Å². The summed E-state index contributed by atoms with van der Waals surface area (Å²) in [5.41, 5.74) is 0. The molecule has 134 valence electrons. The van der Waals surface area contributed by atoms with E-state index in [1.807, 2.05) is 24.1 Å². The van der Waals surface area contributed by atoms with Crippen LogP contribution in [0.3, 0.4) is 0 Å².